The van der Waals surface area contributed by atoms with Crippen LogP contribution in [0.15, 0.2) is 36.5 Å². The number of nitrogens with two attached hydrogens (primary N) is 1. The lowest BCUT2D eigenvalue weighted by Gasteiger charge is -2.21. The number of rotatable bonds is 3. The fourth-order valence-electron chi connectivity index (χ4n) is 4.14. The van der Waals surface area contributed by atoms with Crippen molar-refractivity contribution in [3.8, 4) is 11.1 Å². The Labute approximate surface area is 147 Å². The number of amidine groups is 1. The van der Waals surface area contributed by atoms with Gasteiger partial charge in [-0.25, -0.2) is 0 Å². The third-order valence-electron chi connectivity index (χ3n) is 5.21. The molecule has 1 aliphatic rings. The number of hydrogen-bond donors (Lipinski definition) is 3. The van der Waals surface area contributed by atoms with Crippen LogP contribution in [-0.4, -0.2) is 22.5 Å². The third-order valence-corrected chi connectivity index (χ3v) is 5.21. The molecule has 0 saturated heterocycles. The highest BCUT2D eigenvalue weighted by Gasteiger charge is 2.30. The Bertz CT molecular complexity index is 970. The molecule has 5 nitrogen and oxygen atoms in total. The number of nitrogens with zero attached hydrogens (tertiary/aromatic N) is 2. The molecule has 25 heavy (non-hydrogen) atoms. The van der Waals surface area contributed by atoms with Gasteiger partial charge >= 0.3 is 0 Å². The molecule has 2 aromatic heterocycles. The molecule has 1 atom stereocenters. The van der Waals surface area contributed by atoms with Crippen molar-refractivity contribution in [2.75, 3.05) is 12.5 Å². The number of pyridine rings is 1. The molecular weight excluding hydrogens is 310 g/mol. The van der Waals surface area contributed by atoms with E-state index in [-0.39, 0.29) is 5.84 Å². The molecule has 0 saturated carbocycles. The molecule has 1 unspecified atom stereocenters. The van der Waals surface area contributed by atoms with Gasteiger partial charge in [-0.1, -0.05) is 25.1 Å². The highest BCUT2D eigenvalue weighted by Crippen LogP contribution is 2.42. The molecule has 4 rings (SSSR count). The van der Waals surface area contributed by atoms with E-state index in [2.05, 4.69) is 29.5 Å². The first-order valence-electron chi connectivity index (χ1n) is 8.76. The van der Waals surface area contributed by atoms with Gasteiger partial charge in [0.25, 0.3) is 0 Å². The minimum Gasteiger partial charge on any atom is -0.382 e. The molecule has 2 heterocycles. The van der Waals surface area contributed by atoms with Crippen molar-refractivity contribution < 1.29 is 0 Å². The standard InChI is InChI=1S/C20H23N5/c1-12-6-5-9-16-17(12)18(19(20(21)22)25(16)23-2)14-10-13-7-3-4-8-15(13)24-11-14/h3-4,7-8,10-12,23H,5-6,9H2,1-2H3,(H3,21,22). The molecule has 0 spiro atoms. The van der Waals surface area contributed by atoms with Gasteiger partial charge in [-0.05, 0) is 42.9 Å². The zero-order valence-electron chi connectivity index (χ0n) is 14.6. The van der Waals surface area contributed by atoms with Crippen LogP contribution in [0.25, 0.3) is 22.0 Å². The van der Waals surface area contributed by atoms with Gasteiger partial charge in [-0.2, -0.15) is 0 Å². The van der Waals surface area contributed by atoms with Gasteiger partial charge < -0.3 is 11.2 Å². The number of hydrogen-bond acceptors (Lipinski definition) is 3. The second kappa shape index (κ2) is 5.92. The second-order valence-electron chi connectivity index (χ2n) is 6.77. The highest BCUT2D eigenvalue weighted by atomic mass is 15.4. The van der Waals surface area contributed by atoms with Crippen molar-refractivity contribution in [2.45, 2.75) is 32.1 Å². The molecule has 0 aliphatic heterocycles. The average Bonchev–Trinajstić information content (AvgIpc) is 2.97. The lowest BCUT2D eigenvalue weighted by atomic mass is 9.84. The minimum atomic E-state index is 0.0825. The van der Waals surface area contributed by atoms with E-state index in [0.29, 0.717) is 5.92 Å². The van der Waals surface area contributed by atoms with Crippen molar-refractivity contribution in [2.24, 2.45) is 5.73 Å². The molecule has 1 aromatic carbocycles. The van der Waals surface area contributed by atoms with Crippen LogP contribution in [0.1, 0.15) is 42.6 Å². The molecule has 0 amide bonds. The first kappa shape index (κ1) is 15.7. The van der Waals surface area contributed by atoms with E-state index >= 15 is 0 Å². The summed E-state index contributed by atoms with van der Waals surface area (Å²) in [4.78, 5) is 4.63. The van der Waals surface area contributed by atoms with Crippen molar-refractivity contribution in [1.29, 1.82) is 5.41 Å². The number of para-hydroxylation sites is 1. The molecule has 3 aromatic rings. The fourth-order valence-corrected chi connectivity index (χ4v) is 4.14. The highest BCUT2D eigenvalue weighted by molar-refractivity contribution is 6.02. The molecule has 128 valence electrons. The summed E-state index contributed by atoms with van der Waals surface area (Å²) < 4.78 is 2.00. The van der Waals surface area contributed by atoms with Gasteiger partial charge in [0.15, 0.2) is 0 Å². The van der Waals surface area contributed by atoms with Crippen LogP contribution in [0, 0.1) is 5.41 Å². The minimum absolute atomic E-state index is 0.0825. The summed E-state index contributed by atoms with van der Waals surface area (Å²) in [5.41, 5.74) is 15.6. The Morgan fingerprint density at radius 2 is 2.16 bits per heavy atom. The van der Waals surface area contributed by atoms with Crippen LogP contribution in [-0.2, 0) is 6.42 Å². The van der Waals surface area contributed by atoms with Gasteiger partial charge in [-0.15, -0.1) is 0 Å². The number of nitrogens with one attached hydrogen (secondary N) is 2. The van der Waals surface area contributed by atoms with Gasteiger partial charge in [0.2, 0.25) is 0 Å². The van der Waals surface area contributed by atoms with Gasteiger partial charge in [0, 0.05) is 35.5 Å². The molecule has 1 aliphatic carbocycles. The number of fused-ring (bicyclic) bond motifs is 2. The van der Waals surface area contributed by atoms with Crippen LogP contribution >= 0.6 is 0 Å². The van der Waals surface area contributed by atoms with Crippen LogP contribution in [0.4, 0.5) is 0 Å². The summed E-state index contributed by atoms with van der Waals surface area (Å²) in [6.45, 7) is 2.26. The van der Waals surface area contributed by atoms with Gasteiger partial charge in [-0.3, -0.25) is 15.1 Å². The average molecular weight is 333 g/mol. The Balaban J connectivity index is 2.05. The molecule has 4 N–H and O–H groups in total. The first-order chi connectivity index (χ1) is 12.1. The normalized spacial score (nSPS) is 16.6. The van der Waals surface area contributed by atoms with Crippen molar-refractivity contribution >= 4 is 16.7 Å². The summed E-state index contributed by atoms with van der Waals surface area (Å²) >= 11 is 0. The number of benzene rings is 1. The van der Waals surface area contributed by atoms with Gasteiger partial charge in [0.1, 0.15) is 11.5 Å². The first-order valence-corrected chi connectivity index (χ1v) is 8.76. The maximum absolute atomic E-state index is 8.18. The number of nitrogen functional groups attached to an aromatic ring is 1. The second-order valence-corrected chi connectivity index (χ2v) is 6.77. The van der Waals surface area contributed by atoms with Crippen LogP contribution in [0.2, 0.25) is 0 Å². The topological polar surface area (TPSA) is 79.7 Å². The zero-order chi connectivity index (χ0) is 17.6. The van der Waals surface area contributed by atoms with Gasteiger partial charge in [0.05, 0.1) is 5.52 Å². The number of aromatic nitrogens is 2. The maximum Gasteiger partial charge on any atom is 0.142 e. The Morgan fingerprint density at radius 1 is 1.36 bits per heavy atom. The summed E-state index contributed by atoms with van der Waals surface area (Å²) in [5, 5.41) is 9.28. The van der Waals surface area contributed by atoms with E-state index in [0.717, 1.165) is 47.0 Å². The largest absolute Gasteiger partial charge is 0.382 e. The Hall–Kier alpha value is -2.82. The fraction of sp³-hybridized carbons (Fsp3) is 0.300. The van der Waals surface area contributed by atoms with Crippen molar-refractivity contribution in [3.05, 3.63) is 53.5 Å². The van der Waals surface area contributed by atoms with Crippen molar-refractivity contribution in [3.63, 3.8) is 0 Å². The molecule has 0 bridgehead atoms. The molecule has 5 heteroatoms. The van der Waals surface area contributed by atoms with E-state index in [1.165, 1.54) is 11.3 Å². The zero-order valence-corrected chi connectivity index (χ0v) is 14.6. The summed E-state index contributed by atoms with van der Waals surface area (Å²) in [7, 11) is 1.88. The van der Waals surface area contributed by atoms with Crippen LogP contribution < -0.4 is 11.2 Å². The third kappa shape index (κ3) is 2.38. The molecular formula is C20H23N5. The Kier molecular flexibility index (Phi) is 3.71. The monoisotopic (exact) mass is 333 g/mol. The van der Waals surface area contributed by atoms with E-state index in [4.69, 9.17) is 11.1 Å². The quantitative estimate of drug-likeness (QED) is 0.506. The summed E-state index contributed by atoms with van der Waals surface area (Å²) in [6.07, 6.45) is 5.23. The lowest BCUT2D eigenvalue weighted by molar-refractivity contribution is 0.573. The molecule has 0 radical (unpaired) electrons. The SMILES string of the molecule is CNn1c2c(c(-c3cnc4ccccc4c3)c1C(=N)N)C(C)CCC2. The smallest absolute Gasteiger partial charge is 0.142 e. The van der Waals surface area contributed by atoms with Crippen LogP contribution in [0.3, 0.4) is 0 Å². The van der Waals surface area contributed by atoms with E-state index in [9.17, 15) is 0 Å². The predicted molar refractivity (Wildman–Crippen MR) is 103 cm³/mol. The predicted octanol–water partition coefficient (Wildman–Crippen LogP) is 3.60. The van der Waals surface area contributed by atoms with E-state index < -0.39 is 0 Å². The molecule has 0 fully saturated rings. The van der Waals surface area contributed by atoms with E-state index in [1.807, 2.05) is 36.1 Å². The summed E-state index contributed by atoms with van der Waals surface area (Å²) in [5.74, 6) is 0.525. The van der Waals surface area contributed by atoms with E-state index in [1.54, 1.807) is 0 Å². The summed E-state index contributed by atoms with van der Waals surface area (Å²) in [6, 6.07) is 10.3. The van der Waals surface area contributed by atoms with Crippen molar-refractivity contribution in [1.82, 2.24) is 9.66 Å². The maximum atomic E-state index is 8.18. The Morgan fingerprint density at radius 3 is 2.92 bits per heavy atom. The lowest BCUT2D eigenvalue weighted by Crippen LogP contribution is -2.24. The van der Waals surface area contributed by atoms with Crippen LogP contribution in [0.5, 0.6) is 0 Å².